The van der Waals surface area contributed by atoms with Gasteiger partial charge in [-0.1, -0.05) is 6.42 Å². The first-order valence-corrected chi connectivity index (χ1v) is 11.4. The predicted molar refractivity (Wildman–Crippen MR) is 112 cm³/mol. The first kappa shape index (κ1) is 19.3. The van der Waals surface area contributed by atoms with E-state index < -0.39 is 12.2 Å². The van der Waals surface area contributed by atoms with E-state index in [0.29, 0.717) is 18.5 Å². The molecule has 4 aliphatic rings. The van der Waals surface area contributed by atoms with Gasteiger partial charge in [-0.2, -0.15) is 0 Å². The normalized spacial score (nSPS) is 35.7. The van der Waals surface area contributed by atoms with E-state index in [0.717, 1.165) is 29.3 Å². The predicted octanol–water partition coefficient (Wildman–Crippen LogP) is 3.31. The van der Waals surface area contributed by atoms with E-state index in [9.17, 15) is 14.4 Å². The summed E-state index contributed by atoms with van der Waals surface area (Å²) in [4.78, 5) is 40.1. The molecule has 1 aliphatic carbocycles. The zero-order valence-corrected chi connectivity index (χ0v) is 18.0. The second-order valence-corrected chi connectivity index (χ2v) is 9.56. The number of halogens is 1. The lowest BCUT2D eigenvalue weighted by Crippen LogP contribution is -2.51. The average molecular weight is 510 g/mol. The van der Waals surface area contributed by atoms with Gasteiger partial charge in [0.15, 0.2) is 0 Å². The Kier molecular flexibility index (Phi) is 5.01. The summed E-state index contributed by atoms with van der Waals surface area (Å²) in [6.45, 7) is 0. The zero-order valence-electron chi connectivity index (χ0n) is 15.9. The topological polar surface area (TPSA) is 84.9 Å². The Morgan fingerprint density at radius 1 is 1.00 bits per heavy atom. The third-order valence-electron chi connectivity index (χ3n) is 6.67. The number of nitrogens with zero attached hydrogens (tertiary/aromatic N) is 1. The number of imide groups is 1. The second-order valence-electron chi connectivity index (χ2n) is 8.32. The Bertz CT molecular complexity index is 816. The molecule has 1 aromatic rings. The van der Waals surface area contributed by atoms with E-state index in [1.807, 2.05) is 24.3 Å². The van der Waals surface area contributed by atoms with Crippen molar-refractivity contribution in [1.82, 2.24) is 4.90 Å². The molecule has 3 saturated heterocycles. The van der Waals surface area contributed by atoms with E-state index in [2.05, 4.69) is 27.9 Å². The number of rotatable bonds is 3. The fraction of sp³-hybridized carbons (Fsp3) is 0.571. The van der Waals surface area contributed by atoms with Gasteiger partial charge >= 0.3 is 6.09 Å². The Labute approximate surface area is 182 Å². The maximum Gasteiger partial charge on any atom is 0.411 e. The minimum Gasteiger partial charge on any atom is -0.444 e. The van der Waals surface area contributed by atoms with Gasteiger partial charge in [0.1, 0.15) is 6.10 Å². The van der Waals surface area contributed by atoms with Crippen molar-refractivity contribution in [3.63, 3.8) is 0 Å². The standard InChI is InChI=1S/C21H23IN2O5/c22-11-5-7-12(8-6-11)23-21(27)29-14-4-2-1-3-13(14)24-19(25)17-15-9-10-16(28-15)18(17)20(24)26/h5-8,13-18H,1-4,9-10H2,(H,23,27)/t13-,14+,15?,16?,17?,18?/m1/s1. The number of hydrogen-bond acceptors (Lipinski definition) is 5. The van der Waals surface area contributed by atoms with Crippen molar-refractivity contribution in [2.75, 3.05) is 5.32 Å². The molecule has 8 heteroatoms. The van der Waals surface area contributed by atoms with Gasteiger partial charge in [0.05, 0.1) is 30.1 Å². The third kappa shape index (κ3) is 3.34. The lowest BCUT2D eigenvalue weighted by Gasteiger charge is -2.36. The Hall–Kier alpha value is -1.68. The van der Waals surface area contributed by atoms with E-state index in [1.165, 1.54) is 4.90 Å². The molecular weight excluding hydrogens is 487 g/mol. The number of carbonyl (C=O) groups excluding carboxylic acids is 3. The molecule has 6 atom stereocenters. The Morgan fingerprint density at radius 2 is 1.62 bits per heavy atom. The van der Waals surface area contributed by atoms with Crippen LogP contribution in [-0.4, -0.2) is 47.2 Å². The summed E-state index contributed by atoms with van der Waals surface area (Å²) in [5.41, 5.74) is 0.652. The number of amides is 3. The van der Waals surface area contributed by atoms with Gasteiger partial charge in [-0.05, 0) is 79.0 Å². The van der Waals surface area contributed by atoms with E-state index in [-0.39, 0.29) is 41.9 Å². The number of fused-ring (bicyclic) bond motifs is 5. The first-order valence-electron chi connectivity index (χ1n) is 10.3. The molecular formula is C21H23IN2O5. The molecule has 29 heavy (non-hydrogen) atoms. The van der Waals surface area contributed by atoms with Gasteiger partial charge in [-0.15, -0.1) is 0 Å². The molecule has 1 aromatic carbocycles. The summed E-state index contributed by atoms with van der Waals surface area (Å²) in [5.74, 6) is -0.953. The SMILES string of the molecule is O=C(Nc1ccc(I)cc1)O[C@H]1CCCC[C@H]1N1C(=O)C2C3CCC(O3)C2C1=O. The van der Waals surface area contributed by atoms with Gasteiger partial charge in [-0.3, -0.25) is 19.8 Å². The molecule has 7 nitrogen and oxygen atoms in total. The Balaban J connectivity index is 1.30. The van der Waals surface area contributed by atoms with Crippen molar-refractivity contribution < 1.29 is 23.9 Å². The molecule has 0 radical (unpaired) electrons. The van der Waals surface area contributed by atoms with Gasteiger partial charge in [-0.25, -0.2) is 4.79 Å². The van der Waals surface area contributed by atoms with E-state index >= 15 is 0 Å². The van der Waals surface area contributed by atoms with Crippen LogP contribution >= 0.6 is 22.6 Å². The van der Waals surface area contributed by atoms with Gasteiger partial charge in [0.2, 0.25) is 11.8 Å². The van der Waals surface area contributed by atoms with Crippen LogP contribution in [0.15, 0.2) is 24.3 Å². The van der Waals surface area contributed by atoms with Gasteiger partial charge in [0, 0.05) is 9.26 Å². The van der Waals surface area contributed by atoms with Crippen molar-refractivity contribution in [3.8, 4) is 0 Å². The van der Waals surface area contributed by atoms with Crippen molar-refractivity contribution in [2.24, 2.45) is 11.8 Å². The molecule has 4 unspecified atom stereocenters. The summed E-state index contributed by atoms with van der Waals surface area (Å²) >= 11 is 2.20. The maximum atomic E-state index is 13.1. The van der Waals surface area contributed by atoms with Crippen molar-refractivity contribution in [3.05, 3.63) is 27.8 Å². The molecule has 3 aliphatic heterocycles. The number of hydrogen-bond donors (Lipinski definition) is 1. The van der Waals surface area contributed by atoms with Crippen LogP contribution in [0.1, 0.15) is 38.5 Å². The van der Waals surface area contributed by atoms with Crippen molar-refractivity contribution >= 4 is 46.2 Å². The second kappa shape index (κ2) is 7.54. The number of nitrogens with one attached hydrogen (secondary N) is 1. The largest absolute Gasteiger partial charge is 0.444 e. The summed E-state index contributed by atoms with van der Waals surface area (Å²) in [5, 5.41) is 2.74. The van der Waals surface area contributed by atoms with Crippen LogP contribution in [0, 0.1) is 15.4 Å². The quantitative estimate of drug-likeness (QED) is 0.499. The molecule has 1 saturated carbocycles. The van der Waals surface area contributed by atoms with Crippen LogP contribution in [-0.2, 0) is 19.1 Å². The van der Waals surface area contributed by atoms with Crippen molar-refractivity contribution in [2.45, 2.75) is 62.9 Å². The highest BCUT2D eigenvalue weighted by Crippen LogP contribution is 2.49. The number of likely N-dealkylation sites (tertiary alicyclic amines) is 1. The lowest BCUT2D eigenvalue weighted by atomic mass is 9.81. The minimum absolute atomic E-state index is 0.126. The highest BCUT2D eigenvalue weighted by atomic mass is 127. The van der Waals surface area contributed by atoms with Gasteiger partial charge < -0.3 is 9.47 Å². The van der Waals surface area contributed by atoms with E-state index in [4.69, 9.17) is 9.47 Å². The zero-order chi connectivity index (χ0) is 20.1. The summed E-state index contributed by atoms with van der Waals surface area (Å²) in [6.07, 6.45) is 3.58. The monoisotopic (exact) mass is 510 g/mol. The van der Waals surface area contributed by atoms with Crippen LogP contribution in [0.5, 0.6) is 0 Å². The highest BCUT2D eigenvalue weighted by molar-refractivity contribution is 14.1. The van der Waals surface area contributed by atoms with Crippen LogP contribution in [0.25, 0.3) is 0 Å². The van der Waals surface area contributed by atoms with Crippen LogP contribution in [0.2, 0.25) is 0 Å². The van der Waals surface area contributed by atoms with Gasteiger partial charge in [0.25, 0.3) is 0 Å². The molecule has 3 heterocycles. The van der Waals surface area contributed by atoms with Crippen molar-refractivity contribution in [1.29, 1.82) is 0 Å². The molecule has 2 bridgehead atoms. The molecule has 3 amide bonds. The summed E-state index contributed by atoms with van der Waals surface area (Å²) in [7, 11) is 0. The van der Waals surface area contributed by atoms with E-state index in [1.54, 1.807) is 0 Å². The maximum absolute atomic E-state index is 13.1. The smallest absolute Gasteiger partial charge is 0.411 e. The average Bonchev–Trinajstić information content (AvgIpc) is 3.38. The molecule has 0 aromatic heterocycles. The van der Waals surface area contributed by atoms with Crippen LogP contribution in [0.4, 0.5) is 10.5 Å². The number of anilines is 1. The first-order chi connectivity index (χ1) is 14.0. The minimum atomic E-state index is -0.550. The number of ether oxygens (including phenoxy) is 2. The summed E-state index contributed by atoms with van der Waals surface area (Å²) < 4.78 is 12.6. The lowest BCUT2D eigenvalue weighted by molar-refractivity contribution is -0.149. The molecule has 1 N–H and O–H groups in total. The molecule has 5 rings (SSSR count). The molecule has 4 fully saturated rings. The fourth-order valence-electron chi connectivity index (χ4n) is 5.39. The third-order valence-corrected chi connectivity index (χ3v) is 7.39. The van der Waals surface area contributed by atoms with Crippen LogP contribution < -0.4 is 5.32 Å². The highest BCUT2D eigenvalue weighted by Gasteiger charge is 2.64. The summed E-state index contributed by atoms with van der Waals surface area (Å²) in [6, 6.07) is 7.04. The molecule has 154 valence electrons. The number of carbonyl (C=O) groups is 3. The molecule has 0 spiro atoms. The fourth-order valence-corrected chi connectivity index (χ4v) is 5.75. The number of benzene rings is 1. The Morgan fingerprint density at radius 3 is 2.28 bits per heavy atom. The van der Waals surface area contributed by atoms with Crippen LogP contribution in [0.3, 0.4) is 0 Å².